The number of carbonyl (C=O) groups excluding carboxylic acids is 8. The van der Waals surface area contributed by atoms with Gasteiger partial charge in [0.2, 0.25) is 47.3 Å². The van der Waals surface area contributed by atoms with Gasteiger partial charge in [-0.2, -0.15) is 0 Å². The summed E-state index contributed by atoms with van der Waals surface area (Å²) in [6, 6.07) is -9.26. The van der Waals surface area contributed by atoms with E-state index < -0.39 is 135 Å². The van der Waals surface area contributed by atoms with E-state index in [1.807, 2.05) is 0 Å². The van der Waals surface area contributed by atoms with Crippen LogP contribution in [0.25, 0.3) is 0 Å². The van der Waals surface area contributed by atoms with Crippen LogP contribution in [0, 0.1) is 0 Å². The molecule has 0 aliphatic carbocycles. The Kier molecular flexibility index (Phi) is 44.8. The molecular weight excluding hydrogens is 1080 g/mol. The minimum absolute atomic E-state index is 0.0147. The van der Waals surface area contributed by atoms with E-state index in [0.717, 1.165) is 56.3 Å². The highest BCUT2D eigenvalue weighted by Gasteiger charge is 2.32. The number of aliphatic hydroxyl groups excluding tert-OH is 4. The second-order valence-corrected chi connectivity index (χ2v) is 19.6. The molecule has 0 saturated carbocycles. The Morgan fingerprint density at radius 1 is 0.415 bits per heavy atom. The number of nitrogens with zero attached hydrogens (tertiary/aromatic N) is 1. The maximum atomic E-state index is 13.6. The molecule has 0 rings (SSSR count). The molecule has 0 saturated heterocycles. The molecule has 0 aliphatic heterocycles. The van der Waals surface area contributed by atoms with Crippen LogP contribution in [0.5, 0.6) is 0 Å². The van der Waals surface area contributed by atoms with E-state index >= 15 is 0 Å². The molecule has 82 heavy (non-hydrogen) atoms. The van der Waals surface area contributed by atoms with Crippen LogP contribution >= 0.6 is 0 Å². The van der Waals surface area contributed by atoms with Gasteiger partial charge in [-0.25, -0.2) is 0 Å². The summed E-state index contributed by atoms with van der Waals surface area (Å²) < 4.78 is 10.8. The maximum absolute atomic E-state index is 13.6. The van der Waals surface area contributed by atoms with Gasteiger partial charge < -0.3 is 93.5 Å². The molecular formula is C52H94N10O20. The van der Waals surface area contributed by atoms with E-state index in [-0.39, 0.29) is 83.9 Å². The molecule has 30 nitrogen and oxygen atoms in total. The number of primary amides is 1. The topological polar surface area (TPSA) is 473 Å². The summed E-state index contributed by atoms with van der Waals surface area (Å²) in [5.74, 6) is -10.1. The molecule has 8 amide bonds. The lowest BCUT2D eigenvalue weighted by atomic mass is 10.0. The Labute approximate surface area is 478 Å². The smallest absolute Gasteiger partial charge is 0.317 e. The Bertz CT molecular complexity index is 1880. The predicted octanol–water partition coefficient (Wildman–Crippen LogP) is -3.53. The average Bonchev–Trinajstić information content (AvgIpc) is 3.43. The molecule has 472 valence electrons. The normalized spacial score (nSPS) is 13.3. The lowest BCUT2D eigenvalue weighted by Gasteiger charge is -2.26. The summed E-state index contributed by atoms with van der Waals surface area (Å²) in [6.07, 6.45) is 15.3. The summed E-state index contributed by atoms with van der Waals surface area (Å²) in [4.78, 5) is 136. The summed E-state index contributed by atoms with van der Waals surface area (Å²) in [6.45, 7) is -4.21. The van der Waals surface area contributed by atoms with Crippen molar-refractivity contribution in [1.82, 2.24) is 47.4 Å². The molecule has 30 heteroatoms. The minimum atomic E-state index is -1.83. The highest BCUT2D eigenvalue weighted by atomic mass is 16.5. The number of amides is 8. The Hall–Kier alpha value is -6.15. The molecule has 0 bridgehead atoms. The van der Waals surface area contributed by atoms with Crippen LogP contribution in [-0.4, -0.2) is 235 Å². The van der Waals surface area contributed by atoms with Crippen LogP contribution in [0.2, 0.25) is 0 Å². The zero-order chi connectivity index (χ0) is 61.5. The standard InChI is InChI=1S/C52H94N10O20/c1-54-38(31-63)49(77)60-40(33-65)51(79)58-37(20-16-18-25-62(29-45(71)72)30-46(73)74)48(76)59-41(34-66)52(80)61-39(32-64)50(78)57-36(47(53)75)19-15-17-23-55-43(68)35-82-28-27-81-26-24-56-42(67)21-13-11-9-7-5-3-2-4-6-8-10-12-14-22-44(69)70/h36-41,54,63-66H,2-35H2,1H3,(H2,53,75)(H,55,68)(H,56,67)(H,57,78)(H,58,79)(H,59,76)(H,60,77)(H,61,80)(H,69,70)(H,71,72)(H,73,74)/t36-,37-,38-,39-,40-,41-/m0/s1. The molecule has 17 N–H and O–H groups in total. The van der Waals surface area contributed by atoms with E-state index in [2.05, 4.69) is 42.5 Å². The predicted molar refractivity (Wildman–Crippen MR) is 294 cm³/mol. The van der Waals surface area contributed by atoms with Gasteiger partial charge in [0, 0.05) is 25.9 Å². The Morgan fingerprint density at radius 3 is 1.26 bits per heavy atom. The number of rotatable bonds is 54. The molecule has 0 aromatic carbocycles. The van der Waals surface area contributed by atoms with Crippen molar-refractivity contribution in [2.24, 2.45) is 5.73 Å². The second-order valence-electron chi connectivity index (χ2n) is 19.6. The van der Waals surface area contributed by atoms with Crippen LogP contribution in [-0.2, 0) is 62.2 Å². The van der Waals surface area contributed by atoms with Gasteiger partial charge in [0.15, 0.2) is 0 Å². The highest BCUT2D eigenvalue weighted by molar-refractivity contribution is 5.96. The first kappa shape index (κ1) is 75.8. The number of nitrogens with one attached hydrogen (secondary N) is 8. The lowest BCUT2D eigenvalue weighted by molar-refractivity contribution is -0.142. The van der Waals surface area contributed by atoms with Gasteiger partial charge in [0.05, 0.1) is 59.3 Å². The zero-order valence-electron chi connectivity index (χ0n) is 47.5. The van der Waals surface area contributed by atoms with Crippen molar-refractivity contribution in [2.45, 2.75) is 171 Å². The van der Waals surface area contributed by atoms with Crippen LogP contribution in [0.15, 0.2) is 0 Å². The first-order valence-electron chi connectivity index (χ1n) is 28.2. The molecule has 0 radical (unpaired) electrons. The quantitative estimate of drug-likeness (QED) is 0.0262. The largest absolute Gasteiger partial charge is 0.481 e. The number of ether oxygens (including phenoxy) is 2. The Morgan fingerprint density at radius 2 is 0.805 bits per heavy atom. The van der Waals surface area contributed by atoms with Crippen LogP contribution in [0.4, 0.5) is 0 Å². The molecule has 0 heterocycles. The summed E-state index contributed by atoms with van der Waals surface area (Å²) in [7, 11) is 1.35. The third-order valence-corrected chi connectivity index (χ3v) is 12.7. The van der Waals surface area contributed by atoms with E-state index in [4.69, 9.17) is 30.5 Å². The van der Waals surface area contributed by atoms with Gasteiger partial charge in [-0.05, 0) is 65.0 Å². The molecule has 0 aliphatic rings. The van der Waals surface area contributed by atoms with Crippen molar-refractivity contribution in [3.8, 4) is 0 Å². The summed E-state index contributed by atoms with van der Waals surface area (Å²) in [5, 5.41) is 85.5. The third kappa shape index (κ3) is 39.3. The number of unbranched alkanes of at least 4 members (excludes halogenated alkanes) is 14. The fourth-order valence-corrected chi connectivity index (χ4v) is 8.08. The number of aliphatic hydroxyl groups is 4. The average molecular weight is 1180 g/mol. The highest BCUT2D eigenvalue weighted by Crippen LogP contribution is 2.14. The number of likely N-dealkylation sites (N-methyl/N-ethyl adjacent to an activating group) is 1. The fourth-order valence-electron chi connectivity index (χ4n) is 8.08. The van der Waals surface area contributed by atoms with Gasteiger partial charge in [-0.1, -0.05) is 70.6 Å². The molecule has 0 unspecified atom stereocenters. The van der Waals surface area contributed by atoms with Gasteiger partial charge in [0.1, 0.15) is 42.9 Å². The van der Waals surface area contributed by atoms with Crippen molar-refractivity contribution in [3.63, 3.8) is 0 Å². The SMILES string of the molecule is CN[C@@H](CO)C(=O)N[C@@H](CO)C(=O)N[C@@H](CCCCN(CC(=O)O)CC(=O)O)C(=O)N[C@@H](CO)C(=O)N[C@@H](CO)C(=O)N[C@@H](CCCCNC(=O)COCCOCCNC(=O)CCCCCCCCCCCCCCCC(=O)O)C(N)=O. The van der Waals surface area contributed by atoms with Crippen molar-refractivity contribution in [2.75, 3.05) is 92.6 Å². The molecule has 0 aromatic heterocycles. The molecule has 0 aromatic rings. The molecule has 0 fully saturated rings. The first-order chi connectivity index (χ1) is 39.2. The van der Waals surface area contributed by atoms with Crippen molar-refractivity contribution < 1.29 is 98.0 Å². The fraction of sp³-hybridized carbons (Fsp3) is 0.788. The number of carboxylic acid groups (broad SMARTS) is 3. The van der Waals surface area contributed by atoms with Crippen LogP contribution < -0.4 is 48.3 Å². The second kappa shape index (κ2) is 48.4. The van der Waals surface area contributed by atoms with Crippen molar-refractivity contribution in [1.29, 1.82) is 0 Å². The van der Waals surface area contributed by atoms with Gasteiger partial charge >= 0.3 is 17.9 Å². The summed E-state index contributed by atoms with van der Waals surface area (Å²) in [5.41, 5.74) is 5.50. The van der Waals surface area contributed by atoms with Gasteiger partial charge in [-0.15, -0.1) is 0 Å². The Balaban J connectivity index is 4.82. The minimum Gasteiger partial charge on any atom is -0.481 e. The van der Waals surface area contributed by atoms with E-state index in [0.29, 0.717) is 19.4 Å². The zero-order valence-corrected chi connectivity index (χ0v) is 47.5. The van der Waals surface area contributed by atoms with Gasteiger partial charge in [0.25, 0.3) is 0 Å². The monoisotopic (exact) mass is 1180 g/mol. The number of carbonyl (C=O) groups is 11. The number of aliphatic carboxylic acids is 3. The number of nitrogens with two attached hydrogens (primary N) is 1. The van der Waals surface area contributed by atoms with E-state index in [9.17, 15) is 73.2 Å². The van der Waals surface area contributed by atoms with Gasteiger partial charge in [-0.3, -0.25) is 57.6 Å². The van der Waals surface area contributed by atoms with E-state index in [1.165, 1.54) is 39.2 Å². The number of hydrogen-bond acceptors (Lipinski definition) is 19. The lowest BCUT2D eigenvalue weighted by Crippen LogP contribution is -2.61. The number of hydrogen-bond donors (Lipinski definition) is 16. The van der Waals surface area contributed by atoms with Crippen LogP contribution in [0.3, 0.4) is 0 Å². The van der Waals surface area contributed by atoms with Crippen LogP contribution in [0.1, 0.15) is 135 Å². The third-order valence-electron chi connectivity index (χ3n) is 12.7. The molecule has 0 spiro atoms. The molecule has 6 atom stereocenters. The maximum Gasteiger partial charge on any atom is 0.317 e. The van der Waals surface area contributed by atoms with Crippen molar-refractivity contribution >= 4 is 65.2 Å². The van der Waals surface area contributed by atoms with Crippen molar-refractivity contribution in [3.05, 3.63) is 0 Å². The number of carboxylic acids is 3. The van der Waals surface area contributed by atoms with E-state index in [1.54, 1.807) is 0 Å². The first-order valence-corrected chi connectivity index (χ1v) is 28.2. The summed E-state index contributed by atoms with van der Waals surface area (Å²) >= 11 is 0.